The van der Waals surface area contributed by atoms with E-state index < -0.39 is 6.04 Å². The molecule has 1 atom stereocenters. The van der Waals surface area contributed by atoms with Gasteiger partial charge in [0, 0.05) is 25.9 Å². The Bertz CT molecular complexity index is 371. The van der Waals surface area contributed by atoms with E-state index in [1.807, 2.05) is 26.1 Å². The molecule has 0 aliphatic carbocycles. The molecule has 0 aliphatic heterocycles. The van der Waals surface area contributed by atoms with Crippen molar-refractivity contribution in [3.05, 3.63) is 24.0 Å². The zero-order valence-electron chi connectivity index (χ0n) is 10.4. The lowest BCUT2D eigenvalue weighted by molar-refractivity contribution is -0.129. The molecule has 17 heavy (non-hydrogen) atoms. The topological polar surface area (TPSA) is 74.0 Å². The smallest absolute Gasteiger partial charge is 0.243 e. The molecule has 1 aromatic heterocycles. The molecule has 0 radical (unpaired) electrons. The van der Waals surface area contributed by atoms with Gasteiger partial charge in [-0.25, -0.2) is 0 Å². The zero-order valence-corrected chi connectivity index (χ0v) is 10.4. The van der Waals surface area contributed by atoms with Crippen LogP contribution in [0.15, 0.2) is 18.5 Å². The predicted octanol–water partition coefficient (Wildman–Crippen LogP) is 0.792. The van der Waals surface area contributed by atoms with Crippen molar-refractivity contribution in [2.45, 2.75) is 33.4 Å². The molecule has 0 aliphatic rings. The van der Waals surface area contributed by atoms with Gasteiger partial charge in [-0.3, -0.25) is 9.59 Å². The first-order chi connectivity index (χ1) is 8.00. The Labute approximate surface area is 101 Å². The van der Waals surface area contributed by atoms with Crippen molar-refractivity contribution in [2.24, 2.45) is 5.92 Å². The van der Waals surface area contributed by atoms with Crippen LogP contribution in [0.5, 0.6) is 0 Å². The number of aromatic nitrogens is 1. The molecule has 0 bridgehead atoms. The van der Waals surface area contributed by atoms with Gasteiger partial charge in [-0.05, 0) is 17.5 Å². The fourth-order valence-electron chi connectivity index (χ4n) is 1.52. The predicted molar refractivity (Wildman–Crippen MR) is 65.1 cm³/mol. The first-order valence-corrected chi connectivity index (χ1v) is 5.67. The highest BCUT2D eigenvalue weighted by atomic mass is 16.2. The van der Waals surface area contributed by atoms with Gasteiger partial charge in [-0.2, -0.15) is 0 Å². The second-order valence-corrected chi connectivity index (χ2v) is 4.36. The van der Waals surface area contributed by atoms with Gasteiger partial charge in [-0.1, -0.05) is 13.8 Å². The lowest BCUT2D eigenvalue weighted by Crippen LogP contribution is -2.48. The SMILES string of the molecule is CC(=O)NC(C(=O)NCc1cc[nH]c1)C(C)C. The van der Waals surface area contributed by atoms with E-state index in [2.05, 4.69) is 15.6 Å². The minimum absolute atomic E-state index is 0.0603. The van der Waals surface area contributed by atoms with Crippen molar-refractivity contribution < 1.29 is 9.59 Å². The molecule has 1 unspecified atom stereocenters. The van der Waals surface area contributed by atoms with Crippen molar-refractivity contribution >= 4 is 11.8 Å². The van der Waals surface area contributed by atoms with E-state index in [0.29, 0.717) is 6.54 Å². The molecule has 0 saturated heterocycles. The van der Waals surface area contributed by atoms with Crippen LogP contribution in [-0.4, -0.2) is 22.8 Å². The molecule has 3 N–H and O–H groups in total. The maximum absolute atomic E-state index is 11.9. The molecule has 0 aromatic carbocycles. The Balaban J connectivity index is 2.50. The Morgan fingerprint density at radius 3 is 2.59 bits per heavy atom. The number of H-pyrrole nitrogens is 1. The molecule has 1 aromatic rings. The van der Waals surface area contributed by atoms with Crippen LogP contribution in [0, 0.1) is 5.92 Å². The van der Waals surface area contributed by atoms with Gasteiger partial charge < -0.3 is 15.6 Å². The number of rotatable bonds is 5. The molecular formula is C12H19N3O2. The third kappa shape index (κ3) is 4.30. The number of aromatic amines is 1. The summed E-state index contributed by atoms with van der Waals surface area (Å²) in [5.41, 5.74) is 1.00. The van der Waals surface area contributed by atoms with Gasteiger partial charge >= 0.3 is 0 Å². The Morgan fingerprint density at radius 1 is 1.41 bits per heavy atom. The first kappa shape index (κ1) is 13.3. The van der Waals surface area contributed by atoms with E-state index in [9.17, 15) is 9.59 Å². The Hall–Kier alpha value is -1.78. The summed E-state index contributed by atoms with van der Waals surface area (Å²) in [6, 6.07) is 1.41. The molecule has 5 nitrogen and oxygen atoms in total. The highest BCUT2D eigenvalue weighted by Crippen LogP contribution is 2.03. The third-order valence-corrected chi connectivity index (χ3v) is 2.44. The van der Waals surface area contributed by atoms with Crippen LogP contribution in [0.3, 0.4) is 0 Å². The largest absolute Gasteiger partial charge is 0.367 e. The quantitative estimate of drug-likeness (QED) is 0.708. The van der Waals surface area contributed by atoms with Crippen LogP contribution >= 0.6 is 0 Å². The molecule has 0 spiro atoms. The highest BCUT2D eigenvalue weighted by Gasteiger charge is 2.22. The fourth-order valence-corrected chi connectivity index (χ4v) is 1.52. The van der Waals surface area contributed by atoms with E-state index in [1.165, 1.54) is 6.92 Å². The molecule has 1 rings (SSSR count). The molecule has 94 valence electrons. The maximum Gasteiger partial charge on any atom is 0.243 e. The fraction of sp³-hybridized carbons (Fsp3) is 0.500. The third-order valence-electron chi connectivity index (χ3n) is 2.44. The second-order valence-electron chi connectivity index (χ2n) is 4.36. The summed E-state index contributed by atoms with van der Waals surface area (Å²) in [7, 11) is 0. The molecule has 0 saturated carbocycles. The normalized spacial score (nSPS) is 12.2. The summed E-state index contributed by atoms with van der Waals surface area (Å²) in [6.07, 6.45) is 3.62. The summed E-state index contributed by atoms with van der Waals surface area (Å²) in [4.78, 5) is 25.8. The standard InChI is InChI=1S/C12H19N3O2/c1-8(2)11(15-9(3)16)12(17)14-7-10-4-5-13-6-10/h4-6,8,11,13H,7H2,1-3H3,(H,14,17)(H,15,16). The highest BCUT2D eigenvalue weighted by molar-refractivity contribution is 5.86. The summed E-state index contributed by atoms with van der Waals surface area (Å²) in [5.74, 6) is -0.290. The zero-order chi connectivity index (χ0) is 12.8. The minimum atomic E-state index is -0.480. The van der Waals surface area contributed by atoms with Gasteiger partial charge in [0.25, 0.3) is 0 Å². The second kappa shape index (κ2) is 6.08. The van der Waals surface area contributed by atoms with E-state index in [4.69, 9.17) is 0 Å². The van der Waals surface area contributed by atoms with Crippen molar-refractivity contribution in [1.82, 2.24) is 15.6 Å². The molecule has 2 amide bonds. The van der Waals surface area contributed by atoms with Gasteiger partial charge in [0.05, 0.1) is 0 Å². The van der Waals surface area contributed by atoms with E-state index in [0.717, 1.165) is 5.56 Å². The van der Waals surface area contributed by atoms with Crippen molar-refractivity contribution in [2.75, 3.05) is 0 Å². The number of carbonyl (C=O) groups is 2. The van der Waals surface area contributed by atoms with Crippen LogP contribution in [-0.2, 0) is 16.1 Å². The van der Waals surface area contributed by atoms with Crippen LogP contribution < -0.4 is 10.6 Å². The van der Waals surface area contributed by atoms with Crippen LogP contribution in [0.4, 0.5) is 0 Å². The monoisotopic (exact) mass is 237 g/mol. The number of hydrogen-bond acceptors (Lipinski definition) is 2. The summed E-state index contributed by atoms with van der Waals surface area (Å²) < 4.78 is 0. The van der Waals surface area contributed by atoms with Crippen molar-refractivity contribution in [1.29, 1.82) is 0 Å². The van der Waals surface area contributed by atoms with Gasteiger partial charge in [-0.15, -0.1) is 0 Å². The number of hydrogen-bond donors (Lipinski definition) is 3. The molecular weight excluding hydrogens is 218 g/mol. The van der Waals surface area contributed by atoms with E-state index >= 15 is 0 Å². The molecule has 0 fully saturated rings. The van der Waals surface area contributed by atoms with E-state index in [-0.39, 0.29) is 17.7 Å². The maximum atomic E-state index is 11.9. The van der Waals surface area contributed by atoms with Gasteiger partial charge in [0.1, 0.15) is 6.04 Å². The summed E-state index contributed by atoms with van der Waals surface area (Å²) in [5, 5.41) is 5.45. The number of amides is 2. The van der Waals surface area contributed by atoms with Crippen molar-refractivity contribution in [3.63, 3.8) is 0 Å². The number of nitrogens with one attached hydrogen (secondary N) is 3. The van der Waals surface area contributed by atoms with Gasteiger partial charge in [0.15, 0.2) is 0 Å². The van der Waals surface area contributed by atoms with Crippen LogP contribution in [0.25, 0.3) is 0 Å². The number of carbonyl (C=O) groups excluding carboxylic acids is 2. The summed E-state index contributed by atoms with van der Waals surface area (Å²) in [6.45, 7) is 5.67. The van der Waals surface area contributed by atoms with Crippen LogP contribution in [0.2, 0.25) is 0 Å². The Morgan fingerprint density at radius 2 is 2.12 bits per heavy atom. The molecule has 5 heteroatoms. The van der Waals surface area contributed by atoms with Gasteiger partial charge in [0.2, 0.25) is 11.8 Å². The lowest BCUT2D eigenvalue weighted by Gasteiger charge is -2.20. The van der Waals surface area contributed by atoms with Crippen molar-refractivity contribution in [3.8, 4) is 0 Å². The summed E-state index contributed by atoms with van der Waals surface area (Å²) >= 11 is 0. The first-order valence-electron chi connectivity index (χ1n) is 5.67. The van der Waals surface area contributed by atoms with Crippen LogP contribution in [0.1, 0.15) is 26.3 Å². The minimum Gasteiger partial charge on any atom is -0.367 e. The van der Waals surface area contributed by atoms with E-state index in [1.54, 1.807) is 6.20 Å². The Kier molecular flexibility index (Phi) is 4.75. The lowest BCUT2D eigenvalue weighted by atomic mass is 10.0. The molecule has 1 heterocycles. The average Bonchev–Trinajstić information content (AvgIpc) is 2.74. The average molecular weight is 237 g/mol.